The minimum absolute atomic E-state index is 0.463. The summed E-state index contributed by atoms with van der Waals surface area (Å²) in [6.07, 6.45) is 0. The number of imidazole rings is 1. The van der Waals surface area contributed by atoms with Gasteiger partial charge >= 0.3 is 0 Å². The van der Waals surface area contributed by atoms with Gasteiger partial charge in [-0.05, 0) is 87.5 Å². The number of nitrogens with zero attached hydrogens (tertiary/aromatic N) is 2. The minimum atomic E-state index is -0.463. The van der Waals surface area contributed by atoms with Crippen LogP contribution >= 0.6 is 11.8 Å². The van der Waals surface area contributed by atoms with Crippen LogP contribution < -0.4 is 5.73 Å². The van der Waals surface area contributed by atoms with E-state index < -0.39 is 5.41 Å². The number of nitrogens with two attached hydrogens (primary N) is 1. The fraction of sp³-hybridized carbons (Fsp3) is 0.0227. The quantitative estimate of drug-likeness (QED) is 0.197. The Morgan fingerprint density at radius 3 is 1.92 bits per heavy atom. The first-order valence-electron chi connectivity index (χ1n) is 16.3. The third kappa shape index (κ3) is 3.75. The minimum Gasteiger partial charge on any atom is -0.398 e. The van der Waals surface area contributed by atoms with Gasteiger partial charge in [-0.25, -0.2) is 4.98 Å². The molecule has 10 rings (SSSR count). The number of nitrogen functional groups attached to an aromatic ring is 1. The maximum atomic E-state index is 6.81. The van der Waals surface area contributed by atoms with Crippen molar-refractivity contribution in [1.82, 2.24) is 9.55 Å². The monoisotopic (exact) mass is 631 g/mol. The van der Waals surface area contributed by atoms with Crippen molar-refractivity contribution in [3.8, 4) is 39.3 Å². The van der Waals surface area contributed by atoms with Crippen LogP contribution in [0.3, 0.4) is 0 Å². The van der Waals surface area contributed by atoms with Crippen molar-refractivity contribution < 1.29 is 0 Å². The van der Waals surface area contributed by atoms with Crippen molar-refractivity contribution in [3.63, 3.8) is 0 Å². The first-order valence-corrected chi connectivity index (χ1v) is 17.1. The van der Waals surface area contributed by atoms with E-state index in [9.17, 15) is 0 Å². The van der Waals surface area contributed by atoms with Gasteiger partial charge in [0.1, 0.15) is 5.82 Å². The number of aromatic nitrogens is 2. The van der Waals surface area contributed by atoms with Crippen LogP contribution in [0.1, 0.15) is 22.3 Å². The maximum Gasteiger partial charge on any atom is 0.145 e. The molecule has 0 amide bonds. The average Bonchev–Trinajstić information content (AvgIpc) is 3.67. The zero-order chi connectivity index (χ0) is 31.8. The van der Waals surface area contributed by atoms with Crippen LogP contribution in [-0.2, 0) is 5.41 Å². The number of anilines is 1. The van der Waals surface area contributed by atoms with Gasteiger partial charge < -0.3 is 5.73 Å². The van der Waals surface area contributed by atoms with Crippen molar-refractivity contribution in [2.75, 3.05) is 5.73 Å². The number of hydrogen-bond acceptors (Lipinski definition) is 3. The largest absolute Gasteiger partial charge is 0.398 e. The lowest BCUT2D eigenvalue weighted by Crippen LogP contribution is -2.32. The van der Waals surface area contributed by atoms with Gasteiger partial charge in [0.25, 0.3) is 0 Å². The molecule has 0 fully saturated rings. The Morgan fingerprint density at radius 1 is 0.521 bits per heavy atom. The van der Waals surface area contributed by atoms with E-state index >= 15 is 0 Å². The molecule has 4 heteroatoms. The van der Waals surface area contributed by atoms with Crippen molar-refractivity contribution in [2.45, 2.75) is 15.2 Å². The second kappa shape index (κ2) is 10.3. The van der Waals surface area contributed by atoms with Gasteiger partial charge in [0, 0.05) is 32.3 Å². The number of fused-ring (bicyclic) bond motifs is 10. The molecule has 2 N–H and O–H groups in total. The van der Waals surface area contributed by atoms with Crippen LogP contribution in [0, 0.1) is 0 Å². The molecule has 0 saturated heterocycles. The fourth-order valence-corrected chi connectivity index (χ4v) is 9.22. The second-order valence-electron chi connectivity index (χ2n) is 12.5. The summed E-state index contributed by atoms with van der Waals surface area (Å²) in [5.41, 5.74) is 21.3. The normalized spacial score (nSPS) is 13.6. The van der Waals surface area contributed by atoms with E-state index in [1.54, 1.807) is 0 Å². The number of benzene rings is 7. The molecule has 0 bridgehead atoms. The highest BCUT2D eigenvalue weighted by Gasteiger charge is 2.50. The third-order valence-electron chi connectivity index (χ3n) is 10.0. The molecule has 1 aliphatic carbocycles. The molecular formula is C44H29N3S. The van der Waals surface area contributed by atoms with Gasteiger partial charge in [0.15, 0.2) is 0 Å². The number of rotatable bonds is 3. The van der Waals surface area contributed by atoms with Crippen LogP contribution in [0.15, 0.2) is 174 Å². The molecule has 1 aliphatic heterocycles. The van der Waals surface area contributed by atoms with E-state index in [4.69, 9.17) is 10.7 Å². The lowest BCUT2D eigenvalue weighted by Gasteiger charge is -2.39. The van der Waals surface area contributed by atoms with E-state index in [0.717, 1.165) is 44.9 Å². The Labute approximate surface area is 283 Å². The van der Waals surface area contributed by atoms with E-state index in [1.807, 2.05) is 30.0 Å². The average molecular weight is 632 g/mol. The molecule has 0 atom stereocenters. The zero-order valence-electron chi connectivity index (χ0n) is 26.0. The summed E-state index contributed by atoms with van der Waals surface area (Å²) >= 11 is 1.86. The first-order chi connectivity index (χ1) is 23.7. The van der Waals surface area contributed by atoms with E-state index in [2.05, 4.69) is 150 Å². The fourth-order valence-electron chi connectivity index (χ4n) is 8.03. The predicted molar refractivity (Wildman–Crippen MR) is 198 cm³/mol. The van der Waals surface area contributed by atoms with Crippen LogP contribution in [-0.4, -0.2) is 9.55 Å². The molecule has 2 aliphatic rings. The highest BCUT2D eigenvalue weighted by molar-refractivity contribution is 7.99. The van der Waals surface area contributed by atoms with Crippen molar-refractivity contribution in [2.24, 2.45) is 0 Å². The molecule has 2 heterocycles. The standard InChI is InChI=1S/C44H29N3S/c45-37-16-10-15-35-42(37)32-26-25-30(27-36(32)44(35)33-13-4-8-19-40(33)48-41-20-9-5-14-34(41)44)28-21-23-29(24-22-28)43-46-38-17-6-7-18-39(38)47(43)31-11-2-1-3-12-31/h1-27H,45H2. The summed E-state index contributed by atoms with van der Waals surface area (Å²) in [4.78, 5) is 7.66. The summed E-state index contributed by atoms with van der Waals surface area (Å²) in [6, 6.07) is 58.8. The Hall–Kier alpha value is -5.84. The van der Waals surface area contributed by atoms with E-state index in [-0.39, 0.29) is 0 Å². The van der Waals surface area contributed by atoms with Gasteiger partial charge in [0.2, 0.25) is 0 Å². The highest BCUT2D eigenvalue weighted by Crippen LogP contribution is 2.63. The highest BCUT2D eigenvalue weighted by atomic mass is 32.2. The van der Waals surface area contributed by atoms with Crippen LogP contribution in [0.4, 0.5) is 5.69 Å². The van der Waals surface area contributed by atoms with Crippen LogP contribution in [0.25, 0.3) is 50.4 Å². The van der Waals surface area contributed by atoms with Crippen LogP contribution in [0.2, 0.25) is 0 Å². The molecule has 7 aromatic carbocycles. The summed E-state index contributed by atoms with van der Waals surface area (Å²) in [6.45, 7) is 0. The Morgan fingerprint density at radius 2 is 1.15 bits per heavy atom. The van der Waals surface area contributed by atoms with Gasteiger partial charge in [-0.3, -0.25) is 4.57 Å². The second-order valence-corrected chi connectivity index (χ2v) is 13.6. The SMILES string of the molecule is Nc1cccc2c1-c1ccc(-c3ccc(-c4nc5ccccc5n4-c4ccccc4)cc3)cc1C21c2ccccc2Sc2ccccc21. The summed E-state index contributed by atoms with van der Waals surface area (Å²) in [5.74, 6) is 0.931. The lowest BCUT2D eigenvalue weighted by atomic mass is 9.67. The molecule has 1 aromatic heterocycles. The van der Waals surface area contributed by atoms with Crippen molar-refractivity contribution >= 4 is 28.5 Å². The van der Waals surface area contributed by atoms with Gasteiger partial charge in [-0.1, -0.05) is 127 Å². The number of para-hydroxylation sites is 3. The molecule has 0 unspecified atom stereocenters. The smallest absolute Gasteiger partial charge is 0.145 e. The lowest BCUT2D eigenvalue weighted by molar-refractivity contribution is 0.723. The maximum absolute atomic E-state index is 6.81. The Balaban J connectivity index is 1.16. The third-order valence-corrected chi connectivity index (χ3v) is 11.2. The van der Waals surface area contributed by atoms with E-state index in [1.165, 1.54) is 43.2 Å². The van der Waals surface area contributed by atoms with Gasteiger partial charge in [-0.2, -0.15) is 0 Å². The Bertz CT molecular complexity index is 2500. The molecular weight excluding hydrogens is 603 g/mol. The zero-order valence-corrected chi connectivity index (χ0v) is 26.8. The molecule has 0 radical (unpaired) electrons. The molecule has 0 saturated carbocycles. The topological polar surface area (TPSA) is 43.8 Å². The summed E-state index contributed by atoms with van der Waals surface area (Å²) < 4.78 is 2.25. The first kappa shape index (κ1) is 27.3. The summed E-state index contributed by atoms with van der Waals surface area (Å²) in [5, 5.41) is 0. The van der Waals surface area contributed by atoms with Crippen molar-refractivity contribution in [3.05, 3.63) is 186 Å². The molecule has 8 aromatic rings. The van der Waals surface area contributed by atoms with Gasteiger partial charge in [-0.15, -0.1) is 0 Å². The van der Waals surface area contributed by atoms with Crippen molar-refractivity contribution in [1.29, 1.82) is 0 Å². The van der Waals surface area contributed by atoms with Crippen LogP contribution in [0.5, 0.6) is 0 Å². The molecule has 48 heavy (non-hydrogen) atoms. The van der Waals surface area contributed by atoms with Gasteiger partial charge in [0.05, 0.1) is 16.4 Å². The Kier molecular flexibility index (Phi) is 5.87. The molecule has 226 valence electrons. The molecule has 3 nitrogen and oxygen atoms in total. The summed E-state index contributed by atoms with van der Waals surface area (Å²) in [7, 11) is 0. The number of hydrogen-bond donors (Lipinski definition) is 1. The molecule has 1 spiro atoms. The predicted octanol–water partition coefficient (Wildman–Crippen LogP) is 10.8. The van der Waals surface area contributed by atoms with E-state index in [0.29, 0.717) is 0 Å².